The molecular formula is C19H16Cl2N4O3S. The van der Waals surface area contributed by atoms with E-state index in [0.29, 0.717) is 27.4 Å². The molecule has 7 nitrogen and oxygen atoms in total. The molecule has 0 spiro atoms. The van der Waals surface area contributed by atoms with Gasteiger partial charge in [-0.3, -0.25) is 4.79 Å². The standard InChI is InChI=1S/C19H16Cl2N4O3S/c1-10-14(9-24-19(21)25-10)12-7-6-11(8-16(12)29(23,27)28)17(18(22)26)13-4-2-3-5-15(13)20/h2-9,17H,1H3,(H2,22,26)(H2,23,27,28). The minimum atomic E-state index is -4.16. The number of hydrogen-bond acceptors (Lipinski definition) is 5. The Kier molecular flexibility index (Phi) is 5.90. The van der Waals surface area contributed by atoms with E-state index in [2.05, 4.69) is 9.97 Å². The Bertz CT molecular complexity index is 1220. The molecule has 0 fully saturated rings. The number of benzene rings is 2. The van der Waals surface area contributed by atoms with Gasteiger partial charge in [-0.1, -0.05) is 41.9 Å². The molecule has 0 saturated carbocycles. The molecule has 4 N–H and O–H groups in total. The van der Waals surface area contributed by atoms with Gasteiger partial charge in [0, 0.05) is 22.3 Å². The molecule has 0 radical (unpaired) electrons. The van der Waals surface area contributed by atoms with Gasteiger partial charge in [-0.15, -0.1) is 0 Å². The summed E-state index contributed by atoms with van der Waals surface area (Å²) >= 11 is 12.0. The van der Waals surface area contributed by atoms with Crippen LogP contribution in [0.1, 0.15) is 22.7 Å². The monoisotopic (exact) mass is 450 g/mol. The van der Waals surface area contributed by atoms with E-state index in [0.717, 1.165) is 0 Å². The second-order valence-corrected chi connectivity index (χ2v) is 8.57. The number of hydrogen-bond donors (Lipinski definition) is 2. The summed E-state index contributed by atoms with van der Waals surface area (Å²) in [5.41, 5.74) is 7.60. The van der Waals surface area contributed by atoms with Crippen LogP contribution in [0.2, 0.25) is 10.3 Å². The normalized spacial score (nSPS) is 12.6. The Balaban J connectivity index is 2.25. The number of nitrogens with two attached hydrogens (primary N) is 2. The van der Waals surface area contributed by atoms with Crippen molar-refractivity contribution >= 4 is 39.1 Å². The van der Waals surface area contributed by atoms with Crippen LogP contribution in [0.4, 0.5) is 0 Å². The molecule has 1 heterocycles. The van der Waals surface area contributed by atoms with E-state index in [4.69, 9.17) is 34.1 Å². The first-order valence-electron chi connectivity index (χ1n) is 8.29. The zero-order chi connectivity index (χ0) is 21.3. The van der Waals surface area contributed by atoms with Crippen LogP contribution in [0.3, 0.4) is 0 Å². The molecule has 0 aliphatic rings. The SMILES string of the molecule is Cc1nc(Cl)ncc1-c1ccc(C(C(N)=O)c2ccccc2Cl)cc1S(N)(=O)=O. The molecule has 150 valence electrons. The number of aryl methyl sites for hydroxylation is 1. The Labute approximate surface area is 177 Å². The van der Waals surface area contributed by atoms with E-state index >= 15 is 0 Å². The number of sulfonamides is 1. The lowest BCUT2D eigenvalue weighted by Gasteiger charge is -2.18. The number of amides is 1. The summed E-state index contributed by atoms with van der Waals surface area (Å²) in [6.07, 6.45) is 1.41. The third kappa shape index (κ3) is 4.40. The van der Waals surface area contributed by atoms with Crippen LogP contribution in [0, 0.1) is 6.92 Å². The third-order valence-corrected chi connectivity index (χ3v) is 5.86. The molecule has 0 aliphatic carbocycles. The van der Waals surface area contributed by atoms with E-state index in [9.17, 15) is 13.2 Å². The average molecular weight is 451 g/mol. The largest absolute Gasteiger partial charge is 0.369 e. The molecule has 2 aromatic carbocycles. The minimum absolute atomic E-state index is 0.0348. The van der Waals surface area contributed by atoms with Crippen molar-refractivity contribution in [2.45, 2.75) is 17.7 Å². The van der Waals surface area contributed by atoms with Gasteiger partial charge in [0.1, 0.15) is 0 Å². The predicted octanol–water partition coefficient (Wildman–Crippen LogP) is 3.02. The van der Waals surface area contributed by atoms with Gasteiger partial charge in [0.2, 0.25) is 21.2 Å². The predicted molar refractivity (Wildman–Crippen MR) is 111 cm³/mol. The number of primary amides is 1. The molecule has 1 atom stereocenters. The zero-order valence-electron chi connectivity index (χ0n) is 15.1. The summed E-state index contributed by atoms with van der Waals surface area (Å²) < 4.78 is 24.6. The van der Waals surface area contributed by atoms with Crippen LogP contribution in [-0.2, 0) is 14.8 Å². The first-order chi connectivity index (χ1) is 13.6. The smallest absolute Gasteiger partial charge is 0.238 e. The van der Waals surface area contributed by atoms with Gasteiger partial charge in [-0.25, -0.2) is 23.5 Å². The highest BCUT2D eigenvalue weighted by atomic mass is 35.5. The maximum atomic E-state index is 12.3. The van der Waals surface area contributed by atoms with Crippen molar-refractivity contribution in [1.82, 2.24) is 9.97 Å². The summed E-state index contributed by atoms with van der Waals surface area (Å²) in [4.78, 5) is 20.0. The molecule has 10 heteroatoms. The van der Waals surface area contributed by atoms with Crippen molar-refractivity contribution in [2.75, 3.05) is 0 Å². The molecule has 0 saturated heterocycles. The Morgan fingerprint density at radius 1 is 1.10 bits per heavy atom. The number of carbonyl (C=O) groups is 1. The number of rotatable bonds is 5. The number of primary sulfonamides is 1. The Morgan fingerprint density at radius 2 is 1.79 bits per heavy atom. The number of halogens is 2. The molecule has 0 bridgehead atoms. The molecule has 1 unspecified atom stereocenters. The van der Waals surface area contributed by atoms with Crippen molar-refractivity contribution < 1.29 is 13.2 Å². The van der Waals surface area contributed by atoms with Gasteiger partial charge >= 0.3 is 0 Å². The van der Waals surface area contributed by atoms with Gasteiger partial charge in [-0.2, -0.15) is 0 Å². The quantitative estimate of drug-likeness (QED) is 0.576. The molecule has 3 rings (SSSR count). The van der Waals surface area contributed by atoms with E-state index in [-0.39, 0.29) is 15.7 Å². The maximum Gasteiger partial charge on any atom is 0.238 e. The fraction of sp³-hybridized carbons (Fsp3) is 0.105. The molecule has 29 heavy (non-hydrogen) atoms. The lowest BCUT2D eigenvalue weighted by atomic mass is 9.89. The van der Waals surface area contributed by atoms with Crippen molar-refractivity contribution in [3.63, 3.8) is 0 Å². The summed E-state index contributed by atoms with van der Waals surface area (Å²) in [7, 11) is -4.16. The first-order valence-corrected chi connectivity index (χ1v) is 10.6. The van der Waals surface area contributed by atoms with Crippen LogP contribution in [-0.4, -0.2) is 24.3 Å². The van der Waals surface area contributed by atoms with Crippen LogP contribution < -0.4 is 10.9 Å². The first kappa shape index (κ1) is 21.2. The van der Waals surface area contributed by atoms with E-state index in [1.807, 2.05) is 0 Å². The molecule has 1 amide bonds. The van der Waals surface area contributed by atoms with Crippen LogP contribution in [0.25, 0.3) is 11.1 Å². The zero-order valence-corrected chi connectivity index (χ0v) is 17.5. The fourth-order valence-corrected chi connectivity index (χ4v) is 4.29. The fourth-order valence-electron chi connectivity index (χ4n) is 3.09. The third-order valence-electron chi connectivity index (χ3n) is 4.39. The van der Waals surface area contributed by atoms with Gasteiger partial charge in [0.05, 0.1) is 16.5 Å². The highest BCUT2D eigenvalue weighted by Gasteiger charge is 2.26. The van der Waals surface area contributed by atoms with Crippen molar-refractivity contribution in [2.24, 2.45) is 10.9 Å². The lowest BCUT2D eigenvalue weighted by molar-refractivity contribution is -0.118. The summed E-state index contributed by atoms with van der Waals surface area (Å²) in [6, 6.07) is 11.1. The summed E-state index contributed by atoms with van der Waals surface area (Å²) in [5, 5.41) is 5.82. The van der Waals surface area contributed by atoms with Gasteiger partial charge < -0.3 is 5.73 Å². The van der Waals surface area contributed by atoms with Crippen molar-refractivity contribution in [3.8, 4) is 11.1 Å². The highest BCUT2D eigenvalue weighted by Crippen LogP contribution is 2.35. The van der Waals surface area contributed by atoms with Crippen molar-refractivity contribution in [3.05, 3.63) is 75.8 Å². The topological polar surface area (TPSA) is 129 Å². The number of nitrogens with zero attached hydrogens (tertiary/aromatic N) is 2. The summed E-state index contributed by atoms with van der Waals surface area (Å²) in [6.45, 7) is 1.67. The van der Waals surface area contributed by atoms with E-state index in [1.165, 1.54) is 18.3 Å². The van der Waals surface area contributed by atoms with Gasteiger partial charge in [0.25, 0.3) is 0 Å². The Hall–Kier alpha value is -2.52. The van der Waals surface area contributed by atoms with E-state index < -0.39 is 21.8 Å². The minimum Gasteiger partial charge on any atom is -0.369 e. The van der Waals surface area contributed by atoms with Crippen LogP contribution >= 0.6 is 23.2 Å². The van der Waals surface area contributed by atoms with Gasteiger partial charge in [-0.05, 0) is 41.8 Å². The number of aromatic nitrogens is 2. The van der Waals surface area contributed by atoms with Crippen LogP contribution in [0.5, 0.6) is 0 Å². The number of carbonyl (C=O) groups excluding carboxylic acids is 1. The van der Waals surface area contributed by atoms with E-state index in [1.54, 1.807) is 37.3 Å². The Morgan fingerprint density at radius 3 is 2.38 bits per heavy atom. The van der Waals surface area contributed by atoms with Crippen LogP contribution in [0.15, 0.2) is 53.6 Å². The van der Waals surface area contributed by atoms with Crippen molar-refractivity contribution in [1.29, 1.82) is 0 Å². The average Bonchev–Trinajstić information content (AvgIpc) is 2.63. The molecule has 3 aromatic rings. The van der Waals surface area contributed by atoms with Gasteiger partial charge in [0.15, 0.2) is 0 Å². The molecule has 0 aliphatic heterocycles. The molecule has 1 aromatic heterocycles. The maximum absolute atomic E-state index is 12.3. The highest BCUT2D eigenvalue weighted by molar-refractivity contribution is 7.89. The summed E-state index contributed by atoms with van der Waals surface area (Å²) in [5.74, 6) is -1.64. The second kappa shape index (κ2) is 8.08. The molecular weight excluding hydrogens is 435 g/mol. The second-order valence-electron chi connectivity index (χ2n) is 6.30. The lowest BCUT2D eigenvalue weighted by Crippen LogP contribution is -2.23.